The van der Waals surface area contributed by atoms with Crippen LogP contribution in [0.15, 0.2) is 24.3 Å². The number of nitrogens with one attached hydrogen (secondary N) is 1. The highest BCUT2D eigenvalue weighted by Gasteiger charge is 2.31. The Morgan fingerprint density at radius 3 is 2.76 bits per heavy atom. The van der Waals surface area contributed by atoms with Crippen LogP contribution in [0, 0.1) is 0 Å². The van der Waals surface area contributed by atoms with Crippen molar-refractivity contribution < 1.29 is 9.90 Å². The van der Waals surface area contributed by atoms with Gasteiger partial charge in [-0.15, -0.1) is 0 Å². The minimum absolute atomic E-state index is 0.186. The number of carbonyl (C=O) groups is 1. The molecule has 3 rings (SSSR count). The summed E-state index contributed by atoms with van der Waals surface area (Å²) in [5.74, 6) is 0.186. The average molecular weight is 289 g/mol. The van der Waals surface area contributed by atoms with E-state index in [0.29, 0.717) is 6.54 Å². The van der Waals surface area contributed by atoms with Crippen molar-refractivity contribution in [1.82, 2.24) is 15.1 Å². The predicted octanol–water partition coefficient (Wildman–Crippen LogP) is 0.00990. The van der Waals surface area contributed by atoms with Crippen LogP contribution in [0.5, 0.6) is 0 Å². The minimum atomic E-state index is -0.195. The van der Waals surface area contributed by atoms with Gasteiger partial charge >= 0.3 is 0 Å². The van der Waals surface area contributed by atoms with Gasteiger partial charge in [0.1, 0.15) is 6.04 Å². The van der Waals surface area contributed by atoms with Crippen molar-refractivity contribution in [3.63, 3.8) is 0 Å². The Kier molecular flexibility index (Phi) is 4.53. The molecule has 2 N–H and O–H groups in total. The number of aliphatic hydroxyl groups is 1. The molecule has 0 spiro atoms. The van der Waals surface area contributed by atoms with E-state index < -0.39 is 0 Å². The molecule has 0 bridgehead atoms. The lowest BCUT2D eigenvalue weighted by atomic mass is 9.93. The fraction of sp³-hybridized carbons (Fsp3) is 0.562. The normalized spacial score (nSPS) is 22.9. The van der Waals surface area contributed by atoms with E-state index in [9.17, 15) is 4.79 Å². The van der Waals surface area contributed by atoms with Crippen molar-refractivity contribution in [3.8, 4) is 0 Å². The molecular weight excluding hydrogens is 266 g/mol. The molecule has 21 heavy (non-hydrogen) atoms. The van der Waals surface area contributed by atoms with E-state index in [1.807, 2.05) is 17.0 Å². The van der Waals surface area contributed by atoms with Gasteiger partial charge < -0.3 is 15.3 Å². The van der Waals surface area contributed by atoms with E-state index in [-0.39, 0.29) is 18.6 Å². The second kappa shape index (κ2) is 6.56. The Hall–Kier alpha value is -1.43. The number of rotatable bonds is 3. The van der Waals surface area contributed by atoms with E-state index in [4.69, 9.17) is 5.11 Å². The van der Waals surface area contributed by atoms with E-state index in [2.05, 4.69) is 22.3 Å². The van der Waals surface area contributed by atoms with Gasteiger partial charge in [-0.05, 0) is 17.5 Å². The molecule has 2 heterocycles. The molecule has 0 aliphatic carbocycles. The first-order valence-corrected chi connectivity index (χ1v) is 7.73. The molecule has 0 aromatic heterocycles. The number of hydrogen-bond donors (Lipinski definition) is 2. The number of hydrogen-bond acceptors (Lipinski definition) is 4. The van der Waals surface area contributed by atoms with Gasteiger partial charge in [-0.25, -0.2) is 0 Å². The molecule has 0 saturated carbocycles. The molecule has 2 aliphatic heterocycles. The summed E-state index contributed by atoms with van der Waals surface area (Å²) in [4.78, 5) is 16.9. The largest absolute Gasteiger partial charge is 0.395 e. The number of β-amino-alcohol motifs (C(OH)–C–C–N with tert-alkyl or cyclic N) is 1. The molecule has 1 amide bonds. The SMILES string of the molecule is O=C(C1NCCc2ccccc21)N1CCN(CCO)CC1. The summed E-state index contributed by atoms with van der Waals surface area (Å²) >= 11 is 0. The van der Waals surface area contributed by atoms with Crippen LogP contribution in [-0.2, 0) is 11.2 Å². The summed E-state index contributed by atoms with van der Waals surface area (Å²) in [6.45, 7) is 4.94. The molecular formula is C16H23N3O2. The third kappa shape index (κ3) is 3.10. The number of amides is 1. The lowest BCUT2D eigenvalue weighted by Crippen LogP contribution is -2.52. The highest BCUT2D eigenvalue weighted by Crippen LogP contribution is 2.24. The second-order valence-corrected chi connectivity index (χ2v) is 5.73. The molecule has 1 aromatic rings. The smallest absolute Gasteiger partial charge is 0.244 e. The zero-order chi connectivity index (χ0) is 14.7. The quantitative estimate of drug-likeness (QED) is 0.823. The van der Waals surface area contributed by atoms with E-state index in [1.165, 1.54) is 5.56 Å². The molecule has 1 fully saturated rings. The van der Waals surface area contributed by atoms with Gasteiger partial charge in [0.2, 0.25) is 5.91 Å². The molecule has 1 saturated heterocycles. The van der Waals surface area contributed by atoms with Crippen LogP contribution in [0.1, 0.15) is 17.2 Å². The van der Waals surface area contributed by atoms with Crippen molar-refractivity contribution in [1.29, 1.82) is 0 Å². The molecule has 5 nitrogen and oxygen atoms in total. The Morgan fingerprint density at radius 2 is 2.00 bits per heavy atom. The summed E-state index contributed by atoms with van der Waals surface area (Å²) in [5.41, 5.74) is 2.42. The Bertz CT molecular complexity index is 498. The van der Waals surface area contributed by atoms with Crippen molar-refractivity contribution in [3.05, 3.63) is 35.4 Å². The van der Waals surface area contributed by atoms with E-state index >= 15 is 0 Å². The zero-order valence-electron chi connectivity index (χ0n) is 12.3. The first kappa shape index (κ1) is 14.5. The molecule has 5 heteroatoms. The standard InChI is InChI=1S/C16H23N3O2/c20-12-11-18-7-9-19(10-8-18)16(21)15-14-4-2-1-3-13(14)5-6-17-15/h1-4,15,17,20H,5-12H2. The van der Waals surface area contributed by atoms with Crippen LogP contribution >= 0.6 is 0 Å². The van der Waals surface area contributed by atoms with Crippen LogP contribution in [0.3, 0.4) is 0 Å². The van der Waals surface area contributed by atoms with Crippen molar-refractivity contribution in [2.24, 2.45) is 0 Å². The van der Waals surface area contributed by atoms with Gasteiger partial charge in [-0.2, -0.15) is 0 Å². The maximum absolute atomic E-state index is 12.8. The van der Waals surface area contributed by atoms with Crippen molar-refractivity contribution >= 4 is 5.91 Å². The summed E-state index contributed by atoms with van der Waals surface area (Å²) in [5, 5.41) is 12.3. The summed E-state index contributed by atoms with van der Waals surface area (Å²) in [7, 11) is 0. The number of piperazine rings is 1. The van der Waals surface area contributed by atoms with Gasteiger partial charge in [0, 0.05) is 39.3 Å². The zero-order valence-corrected chi connectivity index (χ0v) is 12.3. The molecule has 1 aromatic carbocycles. The van der Waals surface area contributed by atoms with Crippen LogP contribution in [0.4, 0.5) is 0 Å². The number of aliphatic hydroxyl groups excluding tert-OH is 1. The highest BCUT2D eigenvalue weighted by atomic mass is 16.3. The van der Waals surface area contributed by atoms with Gasteiger partial charge in [0.05, 0.1) is 6.61 Å². The van der Waals surface area contributed by atoms with Crippen LogP contribution in [0.25, 0.3) is 0 Å². The van der Waals surface area contributed by atoms with E-state index in [0.717, 1.165) is 44.7 Å². The highest BCUT2D eigenvalue weighted by molar-refractivity contribution is 5.84. The summed E-state index contributed by atoms with van der Waals surface area (Å²) < 4.78 is 0. The third-order valence-electron chi connectivity index (χ3n) is 4.46. The number of benzene rings is 1. The number of fused-ring (bicyclic) bond motifs is 1. The minimum Gasteiger partial charge on any atom is -0.395 e. The number of nitrogens with zero attached hydrogens (tertiary/aromatic N) is 2. The second-order valence-electron chi connectivity index (χ2n) is 5.73. The fourth-order valence-corrected chi connectivity index (χ4v) is 3.24. The third-order valence-corrected chi connectivity index (χ3v) is 4.46. The fourth-order valence-electron chi connectivity index (χ4n) is 3.24. The maximum atomic E-state index is 12.8. The van der Waals surface area contributed by atoms with Crippen LogP contribution < -0.4 is 5.32 Å². The molecule has 114 valence electrons. The lowest BCUT2D eigenvalue weighted by molar-refractivity contribution is -0.135. The first-order valence-electron chi connectivity index (χ1n) is 7.73. The molecule has 0 radical (unpaired) electrons. The van der Waals surface area contributed by atoms with Gasteiger partial charge in [0.15, 0.2) is 0 Å². The predicted molar refractivity (Wildman–Crippen MR) is 81.0 cm³/mol. The van der Waals surface area contributed by atoms with E-state index in [1.54, 1.807) is 0 Å². The molecule has 1 atom stereocenters. The Morgan fingerprint density at radius 1 is 1.24 bits per heavy atom. The summed E-state index contributed by atoms with van der Waals surface area (Å²) in [6.07, 6.45) is 0.990. The average Bonchev–Trinajstić information content (AvgIpc) is 2.55. The maximum Gasteiger partial charge on any atom is 0.244 e. The Balaban J connectivity index is 1.67. The molecule has 2 aliphatic rings. The van der Waals surface area contributed by atoms with Crippen LogP contribution in [0.2, 0.25) is 0 Å². The van der Waals surface area contributed by atoms with Crippen molar-refractivity contribution in [2.45, 2.75) is 12.5 Å². The monoisotopic (exact) mass is 289 g/mol. The van der Waals surface area contributed by atoms with Gasteiger partial charge in [0.25, 0.3) is 0 Å². The summed E-state index contributed by atoms with van der Waals surface area (Å²) in [6, 6.07) is 8.03. The first-order chi connectivity index (χ1) is 10.3. The van der Waals surface area contributed by atoms with Crippen molar-refractivity contribution in [2.75, 3.05) is 45.9 Å². The lowest BCUT2D eigenvalue weighted by Gasteiger charge is -2.37. The molecule has 1 unspecified atom stereocenters. The Labute approximate surface area is 125 Å². The number of carbonyl (C=O) groups excluding carboxylic acids is 1. The van der Waals surface area contributed by atoms with Gasteiger partial charge in [-0.1, -0.05) is 24.3 Å². The topological polar surface area (TPSA) is 55.8 Å². The van der Waals surface area contributed by atoms with Crippen LogP contribution in [-0.4, -0.2) is 66.7 Å². The van der Waals surface area contributed by atoms with Gasteiger partial charge in [-0.3, -0.25) is 9.69 Å².